The van der Waals surface area contributed by atoms with E-state index < -0.39 is 0 Å². The van der Waals surface area contributed by atoms with Crippen LogP contribution in [0.4, 0.5) is 0 Å². The summed E-state index contributed by atoms with van der Waals surface area (Å²) in [6, 6.07) is 0. The normalized spacial score (nSPS) is 17.6. The molecule has 0 spiro atoms. The number of rotatable bonds is 11. The molecule has 0 aromatic heterocycles. The molecule has 1 fully saturated rings. The molecule has 1 heteroatoms. The smallest absolute Gasteiger partial charge is 0.000792 e. The van der Waals surface area contributed by atoms with Gasteiger partial charge in [0.25, 0.3) is 0 Å². The number of nitrogens with one attached hydrogen (secondary N) is 1. The van der Waals surface area contributed by atoms with E-state index in [1.165, 1.54) is 70.9 Å². The summed E-state index contributed by atoms with van der Waals surface area (Å²) >= 11 is 0. The predicted octanol–water partition coefficient (Wildman–Crippen LogP) is 4.76. The Hall–Kier alpha value is -0.0400. The van der Waals surface area contributed by atoms with Gasteiger partial charge in [0.2, 0.25) is 0 Å². The Morgan fingerprint density at radius 3 is 2.24 bits per heavy atom. The van der Waals surface area contributed by atoms with Crippen LogP contribution in [0.1, 0.15) is 78.6 Å². The van der Waals surface area contributed by atoms with E-state index in [9.17, 15) is 0 Å². The van der Waals surface area contributed by atoms with E-state index in [-0.39, 0.29) is 0 Å². The quantitative estimate of drug-likeness (QED) is 0.512. The summed E-state index contributed by atoms with van der Waals surface area (Å²) in [6.45, 7) is 9.35. The van der Waals surface area contributed by atoms with Gasteiger partial charge >= 0.3 is 0 Å². The van der Waals surface area contributed by atoms with Crippen LogP contribution in [-0.2, 0) is 0 Å². The molecule has 0 heterocycles. The van der Waals surface area contributed by atoms with Crippen LogP contribution >= 0.6 is 0 Å². The van der Waals surface area contributed by atoms with Gasteiger partial charge in [-0.3, -0.25) is 0 Å². The van der Waals surface area contributed by atoms with Crippen molar-refractivity contribution >= 4 is 0 Å². The zero-order valence-electron chi connectivity index (χ0n) is 12.4. The minimum atomic E-state index is 0.722. The van der Waals surface area contributed by atoms with Crippen LogP contribution in [0.15, 0.2) is 0 Å². The maximum Gasteiger partial charge on any atom is 0.000792 e. The SMILES string of the molecule is CCCCCCCCC1(CNCC(C)C)CC1. The third kappa shape index (κ3) is 7.08. The van der Waals surface area contributed by atoms with Gasteiger partial charge < -0.3 is 5.32 Å². The summed E-state index contributed by atoms with van der Waals surface area (Å²) < 4.78 is 0. The second kappa shape index (κ2) is 8.13. The second-order valence-electron chi connectivity index (χ2n) is 6.54. The third-order valence-electron chi connectivity index (χ3n) is 4.07. The molecule has 1 nitrogen and oxygen atoms in total. The molecule has 0 atom stereocenters. The zero-order chi connectivity index (χ0) is 12.6. The van der Waals surface area contributed by atoms with Gasteiger partial charge in [0, 0.05) is 6.54 Å². The van der Waals surface area contributed by atoms with Gasteiger partial charge in [-0.05, 0) is 37.1 Å². The Bertz CT molecular complexity index is 182. The van der Waals surface area contributed by atoms with Crippen LogP contribution in [-0.4, -0.2) is 13.1 Å². The molecule has 1 N–H and O–H groups in total. The molecule has 0 amide bonds. The largest absolute Gasteiger partial charge is 0.316 e. The Labute approximate surface area is 109 Å². The van der Waals surface area contributed by atoms with Crippen molar-refractivity contribution in [2.75, 3.05) is 13.1 Å². The molecule has 17 heavy (non-hydrogen) atoms. The monoisotopic (exact) mass is 239 g/mol. The molecule has 102 valence electrons. The molecule has 1 saturated carbocycles. The van der Waals surface area contributed by atoms with Crippen molar-refractivity contribution in [3.05, 3.63) is 0 Å². The van der Waals surface area contributed by atoms with E-state index in [1.807, 2.05) is 0 Å². The van der Waals surface area contributed by atoms with Gasteiger partial charge in [-0.25, -0.2) is 0 Å². The Morgan fingerprint density at radius 1 is 1.00 bits per heavy atom. The molecule has 0 unspecified atom stereocenters. The van der Waals surface area contributed by atoms with Gasteiger partial charge in [-0.1, -0.05) is 59.3 Å². The van der Waals surface area contributed by atoms with Crippen molar-refractivity contribution in [3.8, 4) is 0 Å². The number of hydrogen-bond acceptors (Lipinski definition) is 1. The number of unbranched alkanes of at least 4 members (excludes halogenated alkanes) is 5. The second-order valence-corrected chi connectivity index (χ2v) is 6.54. The fourth-order valence-electron chi connectivity index (χ4n) is 2.60. The Balaban J connectivity index is 1.94. The van der Waals surface area contributed by atoms with Crippen molar-refractivity contribution in [1.29, 1.82) is 0 Å². The van der Waals surface area contributed by atoms with Gasteiger partial charge in [0.15, 0.2) is 0 Å². The summed E-state index contributed by atoms with van der Waals surface area (Å²) in [6.07, 6.45) is 13.1. The Kier molecular flexibility index (Phi) is 7.18. The first-order valence-corrected chi connectivity index (χ1v) is 7.89. The highest BCUT2D eigenvalue weighted by molar-refractivity contribution is 4.94. The maximum atomic E-state index is 3.65. The van der Waals surface area contributed by atoms with Crippen LogP contribution in [0.2, 0.25) is 0 Å². The van der Waals surface area contributed by atoms with Gasteiger partial charge in [-0.2, -0.15) is 0 Å². The molecule has 1 aliphatic carbocycles. The van der Waals surface area contributed by atoms with E-state index in [0.29, 0.717) is 0 Å². The van der Waals surface area contributed by atoms with Crippen molar-refractivity contribution < 1.29 is 0 Å². The van der Waals surface area contributed by atoms with Crippen LogP contribution in [0, 0.1) is 11.3 Å². The average molecular weight is 239 g/mol. The molecular formula is C16H33N. The topological polar surface area (TPSA) is 12.0 Å². The molecule has 0 bridgehead atoms. The van der Waals surface area contributed by atoms with Crippen molar-refractivity contribution in [1.82, 2.24) is 5.32 Å². The van der Waals surface area contributed by atoms with Crippen LogP contribution in [0.3, 0.4) is 0 Å². The van der Waals surface area contributed by atoms with Gasteiger partial charge in [0.1, 0.15) is 0 Å². The molecule has 0 aromatic rings. The van der Waals surface area contributed by atoms with E-state index in [1.54, 1.807) is 0 Å². The zero-order valence-corrected chi connectivity index (χ0v) is 12.4. The van der Waals surface area contributed by atoms with Gasteiger partial charge in [-0.15, -0.1) is 0 Å². The highest BCUT2D eigenvalue weighted by Crippen LogP contribution is 2.49. The highest BCUT2D eigenvalue weighted by atomic mass is 14.9. The van der Waals surface area contributed by atoms with Crippen LogP contribution < -0.4 is 5.32 Å². The summed E-state index contributed by atoms with van der Waals surface area (Å²) in [4.78, 5) is 0. The van der Waals surface area contributed by atoms with E-state index in [2.05, 4.69) is 26.1 Å². The lowest BCUT2D eigenvalue weighted by Gasteiger charge is -2.17. The maximum absolute atomic E-state index is 3.65. The van der Waals surface area contributed by atoms with E-state index in [0.717, 1.165) is 11.3 Å². The van der Waals surface area contributed by atoms with E-state index >= 15 is 0 Å². The van der Waals surface area contributed by atoms with Crippen molar-refractivity contribution in [2.24, 2.45) is 11.3 Å². The standard InChI is InChI=1S/C16H33N/c1-4-5-6-7-8-9-10-16(11-12-16)14-17-13-15(2)3/h15,17H,4-14H2,1-3H3. The van der Waals surface area contributed by atoms with Crippen molar-refractivity contribution in [3.63, 3.8) is 0 Å². The average Bonchev–Trinajstić information content (AvgIpc) is 3.03. The molecule has 0 radical (unpaired) electrons. The minimum Gasteiger partial charge on any atom is -0.316 e. The van der Waals surface area contributed by atoms with Crippen molar-refractivity contribution in [2.45, 2.75) is 78.6 Å². The lowest BCUT2D eigenvalue weighted by Crippen LogP contribution is -2.27. The summed E-state index contributed by atoms with van der Waals surface area (Å²) in [7, 11) is 0. The first-order chi connectivity index (χ1) is 8.18. The lowest BCUT2D eigenvalue weighted by atomic mass is 9.97. The Morgan fingerprint density at radius 2 is 1.65 bits per heavy atom. The third-order valence-corrected chi connectivity index (χ3v) is 4.07. The number of hydrogen-bond donors (Lipinski definition) is 1. The molecular weight excluding hydrogens is 206 g/mol. The van der Waals surface area contributed by atoms with Crippen LogP contribution in [0.5, 0.6) is 0 Å². The van der Waals surface area contributed by atoms with E-state index in [4.69, 9.17) is 0 Å². The van der Waals surface area contributed by atoms with Crippen LogP contribution in [0.25, 0.3) is 0 Å². The molecule has 0 aliphatic heterocycles. The molecule has 0 aromatic carbocycles. The van der Waals surface area contributed by atoms with Gasteiger partial charge in [0.05, 0.1) is 0 Å². The summed E-state index contributed by atoms with van der Waals surface area (Å²) in [5, 5.41) is 3.65. The first kappa shape index (κ1) is 15.0. The molecule has 0 saturated heterocycles. The lowest BCUT2D eigenvalue weighted by molar-refractivity contribution is 0.390. The summed E-state index contributed by atoms with van der Waals surface area (Å²) in [5.41, 5.74) is 0.722. The fourth-order valence-corrected chi connectivity index (χ4v) is 2.60. The minimum absolute atomic E-state index is 0.722. The first-order valence-electron chi connectivity index (χ1n) is 7.89. The predicted molar refractivity (Wildman–Crippen MR) is 77.4 cm³/mol. The highest BCUT2D eigenvalue weighted by Gasteiger charge is 2.40. The summed E-state index contributed by atoms with van der Waals surface area (Å²) in [5.74, 6) is 0.792. The molecule has 1 aliphatic rings. The molecule has 1 rings (SSSR count). The fraction of sp³-hybridized carbons (Fsp3) is 1.00.